The Kier molecular flexibility index (Phi) is 5.74. The van der Waals surface area contributed by atoms with E-state index in [1.54, 1.807) is 12.1 Å². The molecule has 2 nitrogen and oxygen atoms in total. The molecule has 2 aromatic carbocycles. The standard InChI is InChI=1S/C23H27FN2/c1-18(26(2)16-19-6-4-3-5-7-19)14-15-23(17-25,20-8-9-20)21-10-12-22(24)13-11-21/h3-7,10-13,18,20H,8-9,14-16H2,1-2H3. The van der Waals surface area contributed by atoms with Crippen LogP contribution >= 0.6 is 0 Å². The Bertz CT molecular complexity index is 746. The van der Waals surface area contributed by atoms with Crippen LogP contribution in [0.2, 0.25) is 0 Å². The van der Waals surface area contributed by atoms with Crippen molar-refractivity contribution in [1.29, 1.82) is 5.26 Å². The van der Waals surface area contributed by atoms with Crippen LogP contribution in [0.15, 0.2) is 54.6 Å². The van der Waals surface area contributed by atoms with Gasteiger partial charge in [0.1, 0.15) is 5.82 Å². The van der Waals surface area contributed by atoms with Gasteiger partial charge in [0, 0.05) is 12.6 Å². The van der Waals surface area contributed by atoms with Gasteiger partial charge in [-0.2, -0.15) is 5.26 Å². The molecule has 2 atom stereocenters. The third-order valence-corrected chi connectivity index (χ3v) is 5.82. The van der Waals surface area contributed by atoms with Crippen molar-refractivity contribution in [2.45, 2.75) is 50.6 Å². The van der Waals surface area contributed by atoms with Crippen molar-refractivity contribution in [3.63, 3.8) is 0 Å². The van der Waals surface area contributed by atoms with E-state index < -0.39 is 5.41 Å². The van der Waals surface area contributed by atoms with Crippen molar-refractivity contribution in [1.82, 2.24) is 4.90 Å². The van der Waals surface area contributed by atoms with E-state index in [9.17, 15) is 9.65 Å². The zero-order valence-corrected chi connectivity index (χ0v) is 15.7. The van der Waals surface area contributed by atoms with Gasteiger partial charge in [-0.25, -0.2) is 4.39 Å². The number of hydrogen-bond acceptors (Lipinski definition) is 2. The normalized spacial score (nSPS) is 17.5. The molecular weight excluding hydrogens is 323 g/mol. The third kappa shape index (κ3) is 4.14. The fourth-order valence-corrected chi connectivity index (χ4v) is 3.80. The average molecular weight is 350 g/mol. The van der Waals surface area contributed by atoms with Crippen LogP contribution in [-0.4, -0.2) is 18.0 Å². The summed E-state index contributed by atoms with van der Waals surface area (Å²) in [6, 6.07) is 20.0. The highest BCUT2D eigenvalue weighted by Crippen LogP contribution is 2.50. The fraction of sp³-hybridized carbons (Fsp3) is 0.435. The molecule has 1 saturated carbocycles. The molecule has 0 spiro atoms. The van der Waals surface area contributed by atoms with Gasteiger partial charge in [0.05, 0.1) is 11.5 Å². The number of hydrogen-bond donors (Lipinski definition) is 0. The summed E-state index contributed by atoms with van der Waals surface area (Å²) in [6.07, 6.45) is 3.96. The van der Waals surface area contributed by atoms with E-state index in [4.69, 9.17) is 0 Å². The van der Waals surface area contributed by atoms with Gasteiger partial charge in [-0.1, -0.05) is 42.5 Å². The van der Waals surface area contributed by atoms with E-state index >= 15 is 0 Å². The molecule has 0 N–H and O–H groups in total. The molecule has 0 amide bonds. The summed E-state index contributed by atoms with van der Waals surface area (Å²) in [5.74, 6) is 0.164. The van der Waals surface area contributed by atoms with Gasteiger partial charge >= 0.3 is 0 Å². The van der Waals surface area contributed by atoms with Gasteiger partial charge in [0.2, 0.25) is 0 Å². The Morgan fingerprint density at radius 1 is 1.15 bits per heavy atom. The fourth-order valence-electron chi connectivity index (χ4n) is 3.80. The molecule has 26 heavy (non-hydrogen) atoms. The molecule has 0 radical (unpaired) electrons. The van der Waals surface area contributed by atoms with Crippen LogP contribution in [0.5, 0.6) is 0 Å². The molecule has 0 saturated heterocycles. The summed E-state index contributed by atoms with van der Waals surface area (Å²) in [4.78, 5) is 2.34. The average Bonchev–Trinajstić information content (AvgIpc) is 3.50. The highest BCUT2D eigenvalue weighted by Gasteiger charge is 2.46. The summed E-state index contributed by atoms with van der Waals surface area (Å²) < 4.78 is 13.3. The van der Waals surface area contributed by atoms with Crippen molar-refractivity contribution in [2.75, 3.05) is 7.05 Å². The topological polar surface area (TPSA) is 27.0 Å². The van der Waals surface area contributed by atoms with E-state index in [0.29, 0.717) is 12.0 Å². The predicted molar refractivity (Wildman–Crippen MR) is 103 cm³/mol. The SMILES string of the molecule is CC(CCC(C#N)(c1ccc(F)cc1)C1CC1)N(C)Cc1ccccc1. The molecule has 1 aliphatic rings. The Morgan fingerprint density at radius 3 is 2.38 bits per heavy atom. The molecule has 0 aliphatic heterocycles. The van der Waals surface area contributed by atoms with E-state index in [0.717, 1.165) is 37.8 Å². The largest absolute Gasteiger partial charge is 0.299 e. The number of nitrogens with zero attached hydrogens (tertiary/aromatic N) is 2. The van der Waals surface area contributed by atoms with Gasteiger partial charge in [-0.3, -0.25) is 4.90 Å². The molecule has 136 valence electrons. The molecule has 0 heterocycles. The lowest BCUT2D eigenvalue weighted by molar-refractivity contribution is 0.222. The van der Waals surface area contributed by atoms with Gasteiger partial charge in [-0.15, -0.1) is 0 Å². The molecule has 0 bridgehead atoms. The first kappa shape index (κ1) is 18.6. The summed E-state index contributed by atoms with van der Waals surface area (Å²) in [5.41, 5.74) is 1.80. The maximum Gasteiger partial charge on any atom is 0.123 e. The second-order valence-electron chi connectivity index (χ2n) is 7.65. The lowest BCUT2D eigenvalue weighted by atomic mass is 9.73. The smallest absolute Gasteiger partial charge is 0.123 e. The predicted octanol–water partition coefficient (Wildman–Crippen LogP) is 5.30. The molecule has 1 fully saturated rings. The lowest BCUT2D eigenvalue weighted by Gasteiger charge is -2.31. The van der Waals surface area contributed by atoms with Crippen molar-refractivity contribution in [3.8, 4) is 6.07 Å². The lowest BCUT2D eigenvalue weighted by Crippen LogP contribution is -2.33. The molecule has 1 aliphatic carbocycles. The van der Waals surface area contributed by atoms with Crippen molar-refractivity contribution in [3.05, 3.63) is 71.5 Å². The van der Waals surface area contributed by atoms with Crippen LogP contribution in [-0.2, 0) is 12.0 Å². The van der Waals surface area contributed by atoms with Crippen LogP contribution in [0, 0.1) is 23.1 Å². The summed E-state index contributed by atoms with van der Waals surface area (Å²) >= 11 is 0. The van der Waals surface area contributed by atoms with E-state index in [2.05, 4.69) is 49.2 Å². The van der Waals surface area contributed by atoms with Crippen LogP contribution < -0.4 is 0 Å². The molecule has 0 aromatic heterocycles. The van der Waals surface area contributed by atoms with Crippen molar-refractivity contribution < 1.29 is 4.39 Å². The van der Waals surface area contributed by atoms with Crippen LogP contribution in [0.25, 0.3) is 0 Å². The van der Waals surface area contributed by atoms with Crippen molar-refractivity contribution >= 4 is 0 Å². The summed E-state index contributed by atoms with van der Waals surface area (Å²) in [5, 5.41) is 10.0. The van der Waals surface area contributed by atoms with Crippen LogP contribution in [0.3, 0.4) is 0 Å². The Balaban J connectivity index is 1.68. The summed E-state index contributed by atoms with van der Waals surface area (Å²) in [7, 11) is 2.14. The minimum absolute atomic E-state index is 0.243. The minimum atomic E-state index is -0.477. The number of nitriles is 1. The Hall–Kier alpha value is -2.18. The van der Waals surface area contributed by atoms with Gasteiger partial charge < -0.3 is 0 Å². The van der Waals surface area contributed by atoms with Crippen molar-refractivity contribution in [2.24, 2.45) is 5.92 Å². The van der Waals surface area contributed by atoms with Crippen LogP contribution in [0.1, 0.15) is 43.7 Å². The number of halogens is 1. The molecule has 2 unspecified atom stereocenters. The molecule has 3 heteroatoms. The second-order valence-corrected chi connectivity index (χ2v) is 7.65. The van der Waals surface area contributed by atoms with Gasteiger partial charge in [-0.05, 0) is 68.8 Å². The quantitative estimate of drug-likeness (QED) is 0.646. The first-order chi connectivity index (χ1) is 12.5. The van der Waals surface area contributed by atoms with E-state index in [1.807, 2.05) is 6.07 Å². The molecule has 3 rings (SSSR count). The number of benzene rings is 2. The highest BCUT2D eigenvalue weighted by atomic mass is 19.1. The maximum atomic E-state index is 13.3. The summed E-state index contributed by atoms with van der Waals surface area (Å²) in [6.45, 7) is 3.13. The van der Waals surface area contributed by atoms with Gasteiger partial charge in [0.15, 0.2) is 0 Å². The Morgan fingerprint density at radius 2 is 1.81 bits per heavy atom. The number of rotatable bonds is 8. The van der Waals surface area contributed by atoms with Crippen LogP contribution in [0.4, 0.5) is 4.39 Å². The first-order valence-electron chi connectivity index (χ1n) is 9.46. The van der Waals surface area contributed by atoms with E-state index in [1.165, 1.54) is 17.7 Å². The first-order valence-corrected chi connectivity index (χ1v) is 9.46. The monoisotopic (exact) mass is 350 g/mol. The minimum Gasteiger partial charge on any atom is -0.299 e. The molecule has 2 aromatic rings. The second kappa shape index (κ2) is 8.01. The molecular formula is C23H27FN2. The van der Waals surface area contributed by atoms with E-state index in [-0.39, 0.29) is 5.82 Å². The zero-order valence-electron chi connectivity index (χ0n) is 15.7. The third-order valence-electron chi connectivity index (χ3n) is 5.82. The van der Waals surface area contributed by atoms with Gasteiger partial charge in [0.25, 0.3) is 0 Å². The zero-order chi connectivity index (χ0) is 18.6. The Labute approximate surface area is 156 Å². The highest BCUT2D eigenvalue weighted by molar-refractivity contribution is 5.35. The maximum absolute atomic E-state index is 13.3.